The molecule has 0 bridgehead atoms. The molecule has 0 aliphatic carbocycles. The number of carbonyl (C=O) groups is 1. The number of nitrogens with zero attached hydrogens (tertiary/aromatic N) is 2. The van der Waals surface area contributed by atoms with Crippen molar-refractivity contribution in [2.24, 2.45) is 0 Å². The van der Waals surface area contributed by atoms with Gasteiger partial charge in [0.1, 0.15) is 12.3 Å². The zero-order valence-corrected chi connectivity index (χ0v) is 5.28. The molecule has 2 heterocycles. The van der Waals surface area contributed by atoms with Crippen molar-refractivity contribution in [1.29, 1.82) is 0 Å². The number of aldehydes is 1. The first kappa shape index (κ1) is 5.46. The molecular weight excluding hydrogens is 132 g/mol. The van der Waals surface area contributed by atoms with Gasteiger partial charge in [-0.3, -0.25) is 4.79 Å². The van der Waals surface area contributed by atoms with Crippen molar-refractivity contribution in [1.82, 2.24) is 9.78 Å². The van der Waals surface area contributed by atoms with E-state index in [9.17, 15) is 4.79 Å². The van der Waals surface area contributed by atoms with Gasteiger partial charge in [0.15, 0.2) is 6.29 Å². The van der Waals surface area contributed by atoms with E-state index in [0.717, 1.165) is 6.54 Å². The highest BCUT2D eigenvalue weighted by Crippen LogP contribution is 2.16. The van der Waals surface area contributed by atoms with E-state index in [-0.39, 0.29) is 0 Å². The SMILES string of the molecule is O=Cc1cc2n(n1)CCO2. The number of rotatable bonds is 1. The topological polar surface area (TPSA) is 44.1 Å². The Morgan fingerprint density at radius 2 is 2.70 bits per heavy atom. The lowest BCUT2D eigenvalue weighted by molar-refractivity contribution is 0.111. The van der Waals surface area contributed by atoms with Gasteiger partial charge in [0.2, 0.25) is 5.88 Å². The first-order valence-corrected chi connectivity index (χ1v) is 3.06. The molecule has 52 valence electrons. The molecule has 4 nitrogen and oxygen atoms in total. The van der Waals surface area contributed by atoms with Crippen LogP contribution in [-0.4, -0.2) is 22.7 Å². The monoisotopic (exact) mass is 138 g/mol. The molecule has 0 atom stereocenters. The van der Waals surface area contributed by atoms with Crippen molar-refractivity contribution in [2.45, 2.75) is 6.54 Å². The van der Waals surface area contributed by atoms with Gasteiger partial charge in [-0.1, -0.05) is 0 Å². The van der Waals surface area contributed by atoms with Gasteiger partial charge in [0.05, 0.1) is 6.54 Å². The van der Waals surface area contributed by atoms with E-state index in [1.165, 1.54) is 0 Å². The van der Waals surface area contributed by atoms with Gasteiger partial charge in [-0.2, -0.15) is 5.10 Å². The maximum atomic E-state index is 10.2. The Bertz CT molecular complexity index is 245. The Kier molecular flexibility index (Phi) is 1.00. The van der Waals surface area contributed by atoms with E-state index in [2.05, 4.69) is 5.10 Å². The summed E-state index contributed by atoms with van der Waals surface area (Å²) >= 11 is 0. The lowest BCUT2D eigenvalue weighted by atomic mass is 10.5. The lowest BCUT2D eigenvalue weighted by Crippen LogP contribution is -1.96. The quantitative estimate of drug-likeness (QED) is 0.516. The highest BCUT2D eigenvalue weighted by Gasteiger charge is 2.13. The second-order valence-corrected chi connectivity index (χ2v) is 2.10. The van der Waals surface area contributed by atoms with E-state index >= 15 is 0 Å². The fraction of sp³-hybridized carbons (Fsp3) is 0.333. The van der Waals surface area contributed by atoms with Gasteiger partial charge < -0.3 is 4.74 Å². The van der Waals surface area contributed by atoms with Crippen LogP contribution in [0.3, 0.4) is 0 Å². The summed E-state index contributed by atoms with van der Waals surface area (Å²) in [6, 6.07) is 1.64. The number of carbonyl (C=O) groups excluding carboxylic acids is 1. The van der Waals surface area contributed by atoms with Gasteiger partial charge in [-0.25, -0.2) is 4.68 Å². The molecule has 0 spiro atoms. The molecule has 0 radical (unpaired) electrons. The molecule has 1 aliphatic heterocycles. The summed E-state index contributed by atoms with van der Waals surface area (Å²) < 4.78 is 6.81. The Balaban J connectivity index is 2.46. The lowest BCUT2D eigenvalue weighted by Gasteiger charge is -1.85. The van der Waals surface area contributed by atoms with Gasteiger partial charge >= 0.3 is 0 Å². The number of hydrogen-bond donors (Lipinski definition) is 0. The van der Waals surface area contributed by atoms with Crippen LogP contribution in [0.15, 0.2) is 6.07 Å². The summed E-state index contributed by atoms with van der Waals surface area (Å²) in [5.74, 6) is 0.696. The van der Waals surface area contributed by atoms with E-state index in [4.69, 9.17) is 4.74 Å². The Morgan fingerprint density at radius 3 is 3.40 bits per heavy atom. The molecule has 0 N–H and O–H groups in total. The minimum absolute atomic E-state index is 0.440. The fourth-order valence-corrected chi connectivity index (χ4v) is 0.989. The van der Waals surface area contributed by atoms with Gasteiger partial charge in [0, 0.05) is 6.07 Å². The van der Waals surface area contributed by atoms with Crippen LogP contribution in [0.5, 0.6) is 5.88 Å². The highest BCUT2D eigenvalue weighted by atomic mass is 16.5. The van der Waals surface area contributed by atoms with Crippen LogP contribution in [0.4, 0.5) is 0 Å². The standard InChI is InChI=1S/C6H6N2O2/c9-4-5-3-6-8(7-5)1-2-10-6/h3-4H,1-2H2. The van der Waals surface area contributed by atoms with Crippen molar-refractivity contribution >= 4 is 6.29 Å². The van der Waals surface area contributed by atoms with Crippen molar-refractivity contribution in [2.75, 3.05) is 6.61 Å². The number of ether oxygens (including phenoxy) is 1. The van der Waals surface area contributed by atoms with Crippen LogP contribution < -0.4 is 4.74 Å². The highest BCUT2D eigenvalue weighted by molar-refractivity contribution is 5.72. The summed E-state index contributed by atoms with van der Waals surface area (Å²) in [6.07, 6.45) is 0.717. The number of fused-ring (bicyclic) bond motifs is 1. The van der Waals surface area contributed by atoms with E-state index in [1.54, 1.807) is 10.7 Å². The Morgan fingerprint density at radius 1 is 1.80 bits per heavy atom. The Labute approximate surface area is 57.4 Å². The minimum atomic E-state index is 0.440. The molecular formula is C6H6N2O2. The molecule has 0 saturated carbocycles. The summed E-state index contributed by atoms with van der Waals surface area (Å²) in [7, 11) is 0. The van der Waals surface area contributed by atoms with Crippen LogP contribution >= 0.6 is 0 Å². The normalized spacial score (nSPS) is 14.4. The van der Waals surface area contributed by atoms with Crippen LogP contribution in [0, 0.1) is 0 Å². The van der Waals surface area contributed by atoms with Crippen LogP contribution in [0.2, 0.25) is 0 Å². The van der Waals surface area contributed by atoms with Crippen molar-refractivity contribution in [3.63, 3.8) is 0 Å². The third-order valence-corrected chi connectivity index (χ3v) is 1.44. The molecule has 10 heavy (non-hydrogen) atoms. The Hall–Kier alpha value is -1.32. The first-order chi connectivity index (χ1) is 4.90. The smallest absolute Gasteiger partial charge is 0.212 e. The van der Waals surface area contributed by atoms with Crippen molar-refractivity contribution < 1.29 is 9.53 Å². The summed E-state index contributed by atoms with van der Waals surface area (Å²) in [6.45, 7) is 1.42. The van der Waals surface area contributed by atoms with E-state index < -0.39 is 0 Å². The predicted octanol–water partition coefficient (Wildman–Crippen LogP) is 0.0880. The third-order valence-electron chi connectivity index (χ3n) is 1.44. The van der Waals surface area contributed by atoms with Crippen molar-refractivity contribution in [3.8, 4) is 5.88 Å². The zero-order valence-electron chi connectivity index (χ0n) is 5.28. The molecule has 0 unspecified atom stereocenters. The molecule has 0 amide bonds. The zero-order chi connectivity index (χ0) is 6.97. The average Bonchev–Trinajstić information content (AvgIpc) is 2.42. The molecule has 2 rings (SSSR count). The van der Waals surface area contributed by atoms with Crippen LogP contribution in [0.1, 0.15) is 10.5 Å². The van der Waals surface area contributed by atoms with Crippen LogP contribution in [-0.2, 0) is 6.54 Å². The molecule has 4 heteroatoms. The van der Waals surface area contributed by atoms with Crippen molar-refractivity contribution in [3.05, 3.63) is 11.8 Å². The fourth-order valence-electron chi connectivity index (χ4n) is 0.989. The average molecular weight is 138 g/mol. The summed E-state index contributed by atoms with van der Waals surface area (Å²) in [5, 5.41) is 3.93. The van der Waals surface area contributed by atoms with Crippen LogP contribution in [0.25, 0.3) is 0 Å². The molecule has 1 aliphatic rings. The van der Waals surface area contributed by atoms with Gasteiger partial charge in [-0.15, -0.1) is 0 Å². The van der Waals surface area contributed by atoms with Gasteiger partial charge in [-0.05, 0) is 0 Å². The maximum absolute atomic E-state index is 10.2. The molecule has 0 aromatic carbocycles. The van der Waals surface area contributed by atoms with E-state index in [0.29, 0.717) is 24.5 Å². The first-order valence-electron chi connectivity index (χ1n) is 3.06. The largest absolute Gasteiger partial charge is 0.476 e. The number of hydrogen-bond acceptors (Lipinski definition) is 3. The molecule has 1 aromatic heterocycles. The molecule has 0 saturated heterocycles. The minimum Gasteiger partial charge on any atom is -0.476 e. The second-order valence-electron chi connectivity index (χ2n) is 2.10. The maximum Gasteiger partial charge on any atom is 0.212 e. The van der Waals surface area contributed by atoms with E-state index in [1.807, 2.05) is 0 Å². The second kappa shape index (κ2) is 1.83. The predicted molar refractivity (Wildman–Crippen MR) is 33.1 cm³/mol. The summed E-state index contributed by atoms with van der Waals surface area (Å²) in [4.78, 5) is 10.2. The molecule has 0 fully saturated rings. The third kappa shape index (κ3) is 0.618. The molecule has 1 aromatic rings. The van der Waals surface area contributed by atoms with Gasteiger partial charge in [0.25, 0.3) is 0 Å². The summed E-state index contributed by atoms with van der Waals surface area (Å²) in [5.41, 5.74) is 0.440. The number of aromatic nitrogens is 2.